The molecule has 0 heterocycles. The van der Waals surface area contributed by atoms with Gasteiger partial charge in [-0.05, 0) is 48.4 Å². The fourth-order valence-electron chi connectivity index (χ4n) is 3.59. The molecule has 0 aromatic heterocycles. The predicted octanol–water partition coefficient (Wildman–Crippen LogP) is 6.07. The first-order valence-corrected chi connectivity index (χ1v) is 10.2. The molecule has 0 radical (unpaired) electrons. The van der Waals surface area contributed by atoms with Crippen molar-refractivity contribution in [1.82, 2.24) is 0 Å². The van der Waals surface area contributed by atoms with Gasteiger partial charge in [0.2, 0.25) is 0 Å². The first kappa shape index (κ1) is 19.5. The van der Waals surface area contributed by atoms with E-state index in [1.807, 2.05) is 6.07 Å². The van der Waals surface area contributed by atoms with Crippen molar-refractivity contribution in [2.24, 2.45) is 5.73 Å². The number of benzene rings is 3. The maximum atomic E-state index is 6.31. The minimum absolute atomic E-state index is 0.753. The van der Waals surface area contributed by atoms with Gasteiger partial charge in [-0.1, -0.05) is 62.4 Å². The molecule has 3 aromatic carbocycles. The van der Waals surface area contributed by atoms with E-state index in [0.717, 1.165) is 42.9 Å². The van der Waals surface area contributed by atoms with Gasteiger partial charge in [0.25, 0.3) is 0 Å². The molecule has 0 aliphatic rings. The van der Waals surface area contributed by atoms with Crippen LogP contribution in [0.3, 0.4) is 0 Å². The number of hydrogen-bond donors (Lipinski definition) is 1. The first-order chi connectivity index (χ1) is 13.3. The van der Waals surface area contributed by atoms with Gasteiger partial charge in [0.1, 0.15) is 11.5 Å². The van der Waals surface area contributed by atoms with Gasteiger partial charge in [0.05, 0.1) is 13.7 Å². The lowest BCUT2D eigenvalue weighted by Gasteiger charge is -2.14. The molecule has 0 bridgehead atoms. The Kier molecular flexibility index (Phi) is 7.35. The Bertz CT molecular complexity index is 859. The standard InChI is InChI=1S/C24H31NO2/c1-26-21-14-13-20-17-19-11-7-8-12-22(19)24(23(20)18-21)27-16-10-6-4-2-3-5-9-15-25/h7-8,11-14,17-18H,2-6,9-10,15-16,25H2,1H3. The van der Waals surface area contributed by atoms with E-state index >= 15 is 0 Å². The average molecular weight is 366 g/mol. The molecular formula is C24H31NO2. The fourth-order valence-corrected chi connectivity index (χ4v) is 3.59. The third-order valence-electron chi connectivity index (χ3n) is 5.12. The van der Waals surface area contributed by atoms with E-state index < -0.39 is 0 Å². The van der Waals surface area contributed by atoms with E-state index in [-0.39, 0.29) is 0 Å². The predicted molar refractivity (Wildman–Crippen MR) is 115 cm³/mol. The molecule has 3 heteroatoms. The van der Waals surface area contributed by atoms with Gasteiger partial charge in [-0.15, -0.1) is 0 Å². The van der Waals surface area contributed by atoms with Crippen molar-refractivity contribution in [1.29, 1.82) is 0 Å². The summed E-state index contributed by atoms with van der Waals surface area (Å²) in [5, 5.41) is 4.68. The minimum Gasteiger partial charge on any atom is -0.497 e. The molecule has 0 unspecified atom stereocenters. The third kappa shape index (κ3) is 5.14. The summed E-state index contributed by atoms with van der Waals surface area (Å²) in [4.78, 5) is 0. The van der Waals surface area contributed by atoms with Crippen molar-refractivity contribution in [3.8, 4) is 11.5 Å². The van der Waals surface area contributed by atoms with Crippen LogP contribution >= 0.6 is 0 Å². The van der Waals surface area contributed by atoms with Crippen LogP contribution in [0.25, 0.3) is 21.5 Å². The van der Waals surface area contributed by atoms with E-state index in [1.54, 1.807) is 7.11 Å². The molecule has 3 aromatic rings. The number of unbranched alkanes of at least 4 members (excludes halogenated alkanes) is 6. The van der Waals surface area contributed by atoms with Gasteiger partial charge in [-0.2, -0.15) is 0 Å². The largest absolute Gasteiger partial charge is 0.497 e. The van der Waals surface area contributed by atoms with E-state index in [4.69, 9.17) is 15.2 Å². The molecule has 0 aliphatic carbocycles. The van der Waals surface area contributed by atoms with Gasteiger partial charge in [0.15, 0.2) is 0 Å². The molecule has 0 saturated carbocycles. The van der Waals surface area contributed by atoms with Crippen LogP contribution in [0.5, 0.6) is 11.5 Å². The molecule has 0 atom stereocenters. The number of hydrogen-bond acceptors (Lipinski definition) is 3. The van der Waals surface area contributed by atoms with Crippen LogP contribution in [0, 0.1) is 0 Å². The molecule has 27 heavy (non-hydrogen) atoms. The van der Waals surface area contributed by atoms with Crippen LogP contribution in [0.4, 0.5) is 0 Å². The second-order valence-electron chi connectivity index (χ2n) is 7.13. The summed E-state index contributed by atoms with van der Waals surface area (Å²) in [6.07, 6.45) is 8.59. The monoisotopic (exact) mass is 365 g/mol. The lowest BCUT2D eigenvalue weighted by molar-refractivity contribution is 0.311. The second kappa shape index (κ2) is 10.2. The molecule has 0 spiro atoms. The summed E-state index contributed by atoms with van der Waals surface area (Å²) in [5.74, 6) is 1.84. The number of rotatable bonds is 11. The van der Waals surface area contributed by atoms with Gasteiger partial charge < -0.3 is 15.2 Å². The van der Waals surface area contributed by atoms with Crippen molar-refractivity contribution >= 4 is 21.5 Å². The zero-order valence-corrected chi connectivity index (χ0v) is 16.4. The Morgan fingerprint density at radius 2 is 1.44 bits per heavy atom. The highest BCUT2D eigenvalue weighted by Crippen LogP contribution is 2.36. The van der Waals surface area contributed by atoms with Gasteiger partial charge in [-0.3, -0.25) is 0 Å². The Labute approximate surface area is 162 Å². The van der Waals surface area contributed by atoms with Crippen molar-refractivity contribution in [2.75, 3.05) is 20.3 Å². The fraction of sp³-hybridized carbons (Fsp3) is 0.417. The van der Waals surface area contributed by atoms with Crippen LogP contribution in [-0.4, -0.2) is 20.3 Å². The number of fused-ring (bicyclic) bond motifs is 2. The lowest BCUT2D eigenvalue weighted by atomic mass is 10.0. The third-order valence-corrected chi connectivity index (χ3v) is 5.12. The first-order valence-electron chi connectivity index (χ1n) is 10.2. The SMILES string of the molecule is COc1ccc2cc3ccccc3c(OCCCCCCCCCN)c2c1. The Balaban J connectivity index is 1.66. The maximum absolute atomic E-state index is 6.31. The van der Waals surface area contributed by atoms with E-state index in [0.29, 0.717) is 0 Å². The number of nitrogens with two attached hydrogens (primary N) is 1. The summed E-state index contributed by atoms with van der Waals surface area (Å²) in [7, 11) is 1.70. The molecule has 0 saturated heterocycles. The number of methoxy groups -OCH3 is 1. The van der Waals surface area contributed by atoms with Crippen molar-refractivity contribution in [3.63, 3.8) is 0 Å². The summed E-state index contributed by atoms with van der Waals surface area (Å²) in [6.45, 7) is 1.57. The van der Waals surface area contributed by atoms with Crippen molar-refractivity contribution in [2.45, 2.75) is 44.9 Å². The second-order valence-corrected chi connectivity index (χ2v) is 7.13. The van der Waals surface area contributed by atoms with Crippen LogP contribution < -0.4 is 15.2 Å². The lowest BCUT2D eigenvalue weighted by Crippen LogP contribution is -1.99. The van der Waals surface area contributed by atoms with E-state index in [9.17, 15) is 0 Å². The van der Waals surface area contributed by atoms with Gasteiger partial charge >= 0.3 is 0 Å². The van der Waals surface area contributed by atoms with Crippen LogP contribution in [0.15, 0.2) is 48.5 Å². The zero-order valence-electron chi connectivity index (χ0n) is 16.4. The van der Waals surface area contributed by atoms with E-state index in [2.05, 4.69) is 42.5 Å². The van der Waals surface area contributed by atoms with Gasteiger partial charge in [0, 0.05) is 10.8 Å². The van der Waals surface area contributed by atoms with Crippen LogP contribution in [0.1, 0.15) is 44.9 Å². The van der Waals surface area contributed by atoms with Crippen molar-refractivity contribution in [3.05, 3.63) is 48.5 Å². The summed E-state index contributed by atoms with van der Waals surface area (Å²) < 4.78 is 11.7. The van der Waals surface area contributed by atoms with Crippen LogP contribution in [-0.2, 0) is 0 Å². The molecule has 2 N–H and O–H groups in total. The van der Waals surface area contributed by atoms with E-state index in [1.165, 1.54) is 48.3 Å². The molecule has 144 valence electrons. The highest BCUT2D eigenvalue weighted by molar-refractivity contribution is 6.05. The van der Waals surface area contributed by atoms with Crippen LogP contribution in [0.2, 0.25) is 0 Å². The Hall–Kier alpha value is -2.26. The minimum atomic E-state index is 0.753. The average Bonchev–Trinajstić information content (AvgIpc) is 2.71. The molecule has 0 amide bonds. The highest BCUT2D eigenvalue weighted by Gasteiger charge is 2.10. The van der Waals surface area contributed by atoms with Crippen molar-refractivity contribution < 1.29 is 9.47 Å². The zero-order chi connectivity index (χ0) is 18.9. The normalized spacial score (nSPS) is 11.2. The summed E-state index contributed by atoms with van der Waals surface area (Å²) in [6, 6.07) is 16.8. The molecule has 0 fully saturated rings. The number of ether oxygens (including phenoxy) is 2. The molecule has 3 nitrogen and oxygen atoms in total. The summed E-state index contributed by atoms with van der Waals surface area (Å²) in [5.41, 5.74) is 5.54. The highest BCUT2D eigenvalue weighted by atomic mass is 16.5. The Morgan fingerprint density at radius 1 is 0.741 bits per heavy atom. The topological polar surface area (TPSA) is 44.5 Å². The molecule has 0 aliphatic heterocycles. The maximum Gasteiger partial charge on any atom is 0.135 e. The molecular weight excluding hydrogens is 334 g/mol. The quantitative estimate of drug-likeness (QED) is 0.331. The van der Waals surface area contributed by atoms with Gasteiger partial charge in [-0.25, -0.2) is 0 Å². The molecule has 3 rings (SSSR count). The Morgan fingerprint density at radius 3 is 2.22 bits per heavy atom. The smallest absolute Gasteiger partial charge is 0.135 e. The summed E-state index contributed by atoms with van der Waals surface area (Å²) >= 11 is 0.